The number of nitrogens with one attached hydrogen (secondary N) is 1. The van der Waals surface area contributed by atoms with Gasteiger partial charge in [0.25, 0.3) is 0 Å². The molecule has 2 heterocycles. The lowest BCUT2D eigenvalue weighted by Gasteiger charge is -2.45. The number of halogens is 2. The monoisotopic (exact) mass is 271 g/mol. The summed E-state index contributed by atoms with van der Waals surface area (Å²) in [7, 11) is 2.03. The van der Waals surface area contributed by atoms with Gasteiger partial charge in [-0.3, -0.25) is 4.90 Å². The van der Waals surface area contributed by atoms with Gasteiger partial charge in [-0.2, -0.15) is 0 Å². The van der Waals surface area contributed by atoms with E-state index in [9.17, 15) is 8.78 Å². The van der Waals surface area contributed by atoms with E-state index in [1.165, 1.54) is 0 Å². The molecule has 2 rings (SSSR count). The van der Waals surface area contributed by atoms with E-state index in [0.29, 0.717) is 13.1 Å². The maximum absolute atomic E-state index is 13.9. The first-order valence-electron chi connectivity index (χ1n) is 6.14. The van der Waals surface area contributed by atoms with Crippen molar-refractivity contribution in [3.63, 3.8) is 0 Å². The Labute approximate surface area is 111 Å². The quantitative estimate of drug-likeness (QED) is 0.625. The number of hydrogen-bond acceptors (Lipinski definition) is 5. The summed E-state index contributed by atoms with van der Waals surface area (Å²) < 4.78 is 27.2. The highest BCUT2D eigenvalue weighted by Gasteiger charge is 2.33. The van der Waals surface area contributed by atoms with Crippen LogP contribution in [-0.4, -0.2) is 42.1 Å². The number of piperazine rings is 1. The Kier molecular flexibility index (Phi) is 3.60. The first kappa shape index (κ1) is 14.0. The second-order valence-electron chi connectivity index (χ2n) is 5.42. The summed E-state index contributed by atoms with van der Waals surface area (Å²) in [6.45, 7) is 6.19. The molecule has 0 aromatic carbocycles. The van der Waals surface area contributed by atoms with Crippen molar-refractivity contribution in [3.8, 4) is 0 Å². The molecule has 0 spiro atoms. The van der Waals surface area contributed by atoms with E-state index in [-0.39, 0.29) is 17.2 Å². The van der Waals surface area contributed by atoms with Gasteiger partial charge in [-0.15, -0.1) is 0 Å². The number of nitrogen functional groups attached to an aromatic ring is 1. The Morgan fingerprint density at radius 2 is 2.00 bits per heavy atom. The van der Waals surface area contributed by atoms with Gasteiger partial charge in [-0.05, 0) is 20.9 Å². The summed E-state index contributed by atoms with van der Waals surface area (Å²) in [5.41, 5.74) is 2.04. The predicted molar refractivity (Wildman–Crippen MR) is 70.9 cm³/mol. The van der Waals surface area contributed by atoms with Crippen LogP contribution in [0.4, 0.5) is 20.4 Å². The molecule has 5 nitrogen and oxygen atoms in total. The lowest BCUT2D eigenvalue weighted by molar-refractivity contribution is 0.138. The summed E-state index contributed by atoms with van der Waals surface area (Å²) in [4.78, 5) is 7.94. The first-order valence-corrected chi connectivity index (χ1v) is 6.14. The third-order valence-corrected chi connectivity index (χ3v) is 3.66. The van der Waals surface area contributed by atoms with Crippen molar-refractivity contribution in [2.45, 2.75) is 19.4 Å². The largest absolute Gasteiger partial charge is 0.351 e. The van der Waals surface area contributed by atoms with Gasteiger partial charge >= 0.3 is 0 Å². The normalized spacial score (nSPS) is 19.6. The molecule has 1 fully saturated rings. The lowest BCUT2D eigenvalue weighted by atomic mass is 10.00. The number of likely N-dealkylation sites (N-methyl/N-ethyl adjacent to an activating group) is 1. The fraction of sp³-hybridized carbons (Fsp3) is 0.583. The van der Waals surface area contributed by atoms with Crippen LogP contribution in [0.15, 0.2) is 6.07 Å². The van der Waals surface area contributed by atoms with Crippen LogP contribution in [0.3, 0.4) is 0 Å². The molecule has 1 aromatic heterocycles. The van der Waals surface area contributed by atoms with Crippen molar-refractivity contribution in [1.82, 2.24) is 9.88 Å². The maximum Gasteiger partial charge on any atom is 0.178 e. The van der Waals surface area contributed by atoms with Crippen LogP contribution < -0.4 is 16.2 Å². The van der Waals surface area contributed by atoms with Crippen LogP contribution in [0, 0.1) is 11.6 Å². The van der Waals surface area contributed by atoms with E-state index in [1.54, 1.807) is 0 Å². The standard InChI is InChI=1S/C12H19F2N5/c1-12(2)7-19(5-4-18(12)3)11-9(14)6-8(13)10(16-11)17-15/h6H,4-5,7,15H2,1-3H3,(H,16,17). The molecule has 1 aliphatic rings. The summed E-state index contributed by atoms with van der Waals surface area (Å²) in [6.07, 6.45) is 0. The van der Waals surface area contributed by atoms with Crippen LogP contribution in [0.1, 0.15) is 13.8 Å². The molecule has 1 saturated heterocycles. The minimum absolute atomic E-state index is 0.100. The second kappa shape index (κ2) is 4.90. The Hall–Kier alpha value is -1.47. The smallest absolute Gasteiger partial charge is 0.178 e. The van der Waals surface area contributed by atoms with Crippen LogP contribution in [0.2, 0.25) is 0 Å². The second-order valence-corrected chi connectivity index (χ2v) is 5.42. The highest BCUT2D eigenvalue weighted by Crippen LogP contribution is 2.27. The highest BCUT2D eigenvalue weighted by molar-refractivity contribution is 5.49. The minimum Gasteiger partial charge on any atom is -0.351 e. The summed E-state index contributed by atoms with van der Waals surface area (Å²) in [6, 6.07) is 0.808. The van der Waals surface area contributed by atoms with Crippen molar-refractivity contribution in [2.24, 2.45) is 5.84 Å². The van der Waals surface area contributed by atoms with Gasteiger partial charge in [0.1, 0.15) is 0 Å². The van der Waals surface area contributed by atoms with Gasteiger partial charge in [0, 0.05) is 31.2 Å². The summed E-state index contributed by atoms with van der Waals surface area (Å²) in [5.74, 6) is 3.70. The summed E-state index contributed by atoms with van der Waals surface area (Å²) in [5, 5.41) is 0. The Morgan fingerprint density at radius 1 is 1.32 bits per heavy atom. The average molecular weight is 271 g/mol. The third-order valence-electron chi connectivity index (χ3n) is 3.66. The van der Waals surface area contributed by atoms with E-state index in [2.05, 4.69) is 29.2 Å². The number of hydrogen-bond donors (Lipinski definition) is 2. The number of hydrazine groups is 1. The summed E-state index contributed by atoms with van der Waals surface area (Å²) >= 11 is 0. The fourth-order valence-corrected chi connectivity index (χ4v) is 2.20. The molecule has 0 radical (unpaired) electrons. The van der Waals surface area contributed by atoms with E-state index < -0.39 is 11.6 Å². The highest BCUT2D eigenvalue weighted by atomic mass is 19.1. The molecular weight excluding hydrogens is 252 g/mol. The number of rotatable bonds is 2. The van der Waals surface area contributed by atoms with E-state index in [0.717, 1.165) is 12.6 Å². The zero-order valence-corrected chi connectivity index (χ0v) is 11.4. The number of anilines is 2. The Morgan fingerprint density at radius 3 is 2.58 bits per heavy atom. The van der Waals surface area contributed by atoms with Crippen molar-refractivity contribution >= 4 is 11.6 Å². The SMILES string of the molecule is CN1CCN(c2nc(NN)c(F)cc2F)CC1(C)C. The van der Waals surface area contributed by atoms with Crippen molar-refractivity contribution in [1.29, 1.82) is 0 Å². The minimum atomic E-state index is -0.794. The van der Waals surface area contributed by atoms with Gasteiger partial charge in [0.05, 0.1) is 0 Å². The van der Waals surface area contributed by atoms with Gasteiger partial charge in [-0.25, -0.2) is 19.6 Å². The number of nitrogens with two attached hydrogens (primary N) is 1. The van der Waals surface area contributed by atoms with Gasteiger partial charge < -0.3 is 10.3 Å². The lowest BCUT2D eigenvalue weighted by Crippen LogP contribution is -2.58. The molecule has 0 unspecified atom stereocenters. The zero-order valence-electron chi connectivity index (χ0n) is 11.4. The predicted octanol–water partition coefficient (Wildman–Crippen LogP) is 1.18. The van der Waals surface area contributed by atoms with Crippen molar-refractivity contribution < 1.29 is 8.78 Å². The first-order chi connectivity index (χ1) is 8.85. The number of aromatic nitrogens is 1. The van der Waals surface area contributed by atoms with E-state index >= 15 is 0 Å². The van der Waals surface area contributed by atoms with Crippen LogP contribution in [-0.2, 0) is 0 Å². The fourth-order valence-electron chi connectivity index (χ4n) is 2.20. The molecule has 3 N–H and O–H groups in total. The Balaban J connectivity index is 2.32. The number of nitrogens with zero attached hydrogens (tertiary/aromatic N) is 3. The molecule has 0 atom stereocenters. The van der Waals surface area contributed by atoms with E-state index in [4.69, 9.17) is 5.84 Å². The molecule has 0 aliphatic carbocycles. The van der Waals surface area contributed by atoms with Crippen LogP contribution in [0.25, 0.3) is 0 Å². The van der Waals surface area contributed by atoms with Gasteiger partial charge in [0.2, 0.25) is 0 Å². The molecule has 1 aliphatic heterocycles. The molecular formula is C12H19F2N5. The van der Waals surface area contributed by atoms with Crippen LogP contribution >= 0.6 is 0 Å². The molecule has 0 amide bonds. The zero-order chi connectivity index (χ0) is 14.2. The van der Waals surface area contributed by atoms with Gasteiger partial charge in [-0.1, -0.05) is 0 Å². The molecule has 7 heteroatoms. The van der Waals surface area contributed by atoms with Crippen LogP contribution in [0.5, 0.6) is 0 Å². The number of pyridine rings is 1. The maximum atomic E-state index is 13.9. The average Bonchev–Trinajstić information content (AvgIpc) is 2.33. The van der Waals surface area contributed by atoms with Gasteiger partial charge in [0.15, 0.2) is 23.3 Å². The molecule has 1 aromatic rings. The van der Waals surface area contributed by atoms with E-state index in [1.807, 2.05) is 11.9 Å². The van der Waals surface area contributed by atoms with Crippen molar-refractivity contribution in [2.75, 3.05) is 37.0 Å². The molecule has 19 heavy (non-hydrogen) atoms. The Bertz CT molecular complexity index is 477. The molecule has 106 valence electrons. The topological polar surface area (TPSA) is 57.4 Å². The third kappa shape index (κ3) is 2.62. The van der Waals surface area contributed by atoms with Crippen molar-refractivity contribution in [3.05, 3.63) is 17.7 Å². The molecule has 0 saturated carbocycles. The molecule has 0 bridgehead atoms.